The lowest BCUT2D eigenvalue weighted by Crippen LogP contribution is -2.30. The Morgan fingerprint density at radius 1 is 1.57 bits per heavy atom. The first-order valence-corrected chi connectivity index (χ1v) is 5.64. The monoisotopic (exact) mass is 193 g/mol. The summed E-state index contributed by atoms with van der Waals surface area (Å²) in [6.07, 6.45) is 8.99. The zero-order chi connectivity index (χ0) is 9.80. The first-order valence-electron chi connectivity index (χ1n) is 5.64. The van der Waals surface area contributed by atoms with Gasteiger partial charge < -0.3 is 9.73 Å². The summed E-state index contributed by atoms with van der Waals surface area (Å²) in [7, 11) is 0. The number of nitrogens with one attached hydrogen (secondary N) is 1. The molecule has 1 aliphatic rings. The summed E-state index contributed by atoms with van der Waals surface area (Å²) in [5.74, 6) is 0.946. The topological polar surface area (TPSA) is 25.2 Å². The van der Waals surface area contributed by atoms with Crippen LogP contribution in [0.15, 0.2) is 23.0 Å². The molecule has 78 valence electrons. The molecule has 0 spiro atoms. The first kappa shape index (κ1) is 9.78. The van der Waals surface area contributed by atoms with E-state index >= 15 is 0 Å². The second-order valence-corrected chi connectivity index (χ2v) is 4.25. The van der Waals surface area contributed by atoms with Gasteiger partial charge in [-0.25, -0.2) is 0 Å². The van der Waals surface area contributed by atoms with Gasteiger partial charge in [0, 0.05) is 18.2 Å². The zero-order valence-electron chi connectivity index (χ0n) is 8.83. The summed E-state index contributed by atoms with van der Waals surface area (Å²) >= 11 is 0. The van der Waals surface area contributed by atoms with Crippen LogP contribution < -0.4 is 5.32 Å². The van der Waals surface area contributed by atoms with Crippen LogP contribution in [-0.2, 0) is 6.54 Å². The Bertz CT molecular complexity index is 251. The molecule has 0 aromatic carbocycles. The van der Waals surface area contributed by atoms with Crippen molar-refractivity contribution >= 4 is 0 Å². The third kappa shape index (κ3) is 2.61. The van der Waals surface area contributed by atoms with Gasteiger partial charge >= 0.3 is 0 Å². The second kappa shape index (κ2) is 4.65. The van der Waals surface area contributed by atoms with E-state index in [1.54, 1.807) is 6.26 Å². The standard InChI is InChI=1S/C12H19NO/c1-2-3-12(11-4-5-11)13-8-10-6-7-14-9-10/h6-7,9,11-13H,2-5,8H2,1H3. The predicted molar refractivity (Wildman–Crippen MR) is 57.0 cm³/mol. The van der Waals surface area contributed by atoms with Crippen LogP contribution in [0.1, 0.15) is 38.2 Å². The molecule has 1 atom stereocenters. The summed E-state index contributed by atoms with van der Waals surface area (Å²) in [4.78, 5) is 0. The molecule has 2 rings (SSSR count). The van der Waals surface area contributed by atoms with E-state index in [-0.39, 0.29) is 0 Å². The minimum atomic E-state index is 0.731. The van der Waals surface area contributed by atoms with E-state index in [1.807, 2.05) is 12.3 Å². The van der Waals surface area contributed by atoms with Crippen LogP contribution in [0, 0.1) is 5.92 Å². The molecule has 0 radical (unpaired) electrons. The van der Waals surface area contributed by atoms with Gasteiger partial charge in [-0.15, -0.1) is 0 Å². The Hall–Kier alpha value is -0.760. The van der Waals surface area contributed by atoms with E-state index in [0.717, 1.165) is 18.5 Å². The number of hydrogen-bond acceptors (Lipinski definition) is 2. The quantitative estimate of drug-likeness (QED) is 0.751. The summed E-state index contributed by atoms with van der Waals surface area (Å²) in [6.45, 7) is 3.21. The predicted octanol–water partition coefficient (Wildman–Crippen LogP) is 2.95. The van der Waals surface area contributed by atoms with Crippen LogP contribution in [0.4, 0.5) is 0 Å². The van der Waals surface area contributed by atoms with E-state index in [9.17, 15) is 0 Å². The molecular formula is C12H19NO. The van der Waals surface area contributed by atoms with Crippen molar-refractivity contribution in [2.45, 2.75) is 45.2 Å². The Kier molecular flexibility index (Phi) is 3.25. The maximum atomic E-state index is 5.04. The molecule has 1 unspecified atom stereocenters. The molecule has 1 aromatic rings. The Labute approximate surface area is 85.7 Å². The Morgan fingerprint density at radius 3 is 3.00 bits per heavy atom. The molecule has 1 saturated carbocycles. The normalized spacial score (nSPS) is 18.4. The van der Waals surface area contributed by atoms with Crippen LogP contribution in [0.3, 0.4) is 0 Å². The van der Waals surface area contributed by atoms with E-state index in [2.05, 4.69) is 12.2 Å². The lowest BCUT2D eigenvalue weighted by Gasteiger charge is -2.16. The molecule has 1 aliphatic carbocycles. The van der Waals surface area contributed by atoms with Crippen molar-refractivity contribution in [1.82, 2.24) is 5.32 Å². The van der Waals surface area contributed by atoms with Gasteiger partial charge in [-0.2, -0.15) is 0 Å². The van der Waals surface area contributed by atoms with Crippen molar-refractivity contribution in [3.8, 4) is 0 Å². The second-order valence-electron chi connectivity index (χ2n) is 4.25. The fraction of sp³-hybridized carbons (Fsp3) is 0.667. The summed E-state index contributed by atoms with van der Waals surface area (Å²) < 4.78 is 5.04. The highest BCUT2D eigenvalue weighted by molar-refractivity contribution is 5.05. The van der Waals surface area contributed by atoms with E-state index in [0.29, 0.717) is 0 Å². The smallest absolute Gasteiger partial charge is 0.0947 e. The van der Waals surface area contributed by atoms with Gasteiger partial charge in [-0.1, -0.05) is 13.3 Å². The van der Waals surface area contributed by atoms with Gasteiger partial charge in [0.2, 0.25) is 0 Å². The number of rotatable bonds is 6. The van der Waals surface area contributed by atoms with Crippen LogP contribution in [-0.4, -0.2) is 6.04 Å². The van der Waals surface area contributed by atoms with Crippen molar-refractivity contribution in [3.63, 3.8) is 0 Å². The van der Waals surface area contributed by atoms with Gasteiger partial charge in [-0.3, -0.25) is 0 Å². The summed E-state index contributed by atoms with van der Waals surface area (Å²) in [5.41, 5.74) is 1.26. The molecular weight excluding hydrogens is 174 g/mol. The Balaban J connectivity index is 1.76. The molecule has 1 fully saturated rings. The van der Waals surface area contributed by atoms with Crippen molar-refractivity contribution in [1.29, 1.82) is 0 Å². The van der Waals surface area contributed by atoms with Gasteiger partial charge in [0.1, 0.15) is 0 Å². The van der Waals surface area contributed by atoms with E-state index in [4.69, 9.17) is 4.42 Å². The summed E-state index contributed by atoms with van der Waals surface area (Å²) in [5, 5.41) is 3.62. The largest absolute Gasteiger partial charge is 0.472 e. The van der Waals surface area contributed by atoms with Gasteiger partial charge in [-0.05, 0) is 31.2 Å². The summed E-state index contributed by atoms with van der Waals surface area (Å²) in [6, 6.07) is 2.76. The molecule has 2 nitrogen and oxygen atoms in total. The van der Waals surface area contributed by atoms with E-state index in [1.165, 1.54) is 31.2 Å². The SMILES string of the molecule is CCCC(NCc1ccoc1)C1CC1. The van der Waals surface area contributed by atoms with Crippen molar-refractivity contribution in [2.24, 2.45) is 5.92 Å². The highest BCUT2D eigenvalue weighted by atomic mass is 16.3. The van der Waals surface area contributed by atoms with Crippen molar-refractivity contribution in [3.05, 3.63) is 24.2 Å². The van der Waals surface area contributed by atoms with Crippen molar-refractivity contribution in [2.75, 3.05) is 0 Å². The van der Waals surface area contributed by atoms with Gasteiger partial charge in [0.25, 0.3) is 0 Å². The minimum absolute atomic E-state index is 0.731. The molecule has 1 heterocycles. The fourth-order valence-electron chi connectivity index (χ4n) is 1.96. The maximum Gasteiger partial charge on any atom is 0.0947 e. The molecule has 0 aliphatic heterocycles. The molecule has 1 aromatic heterocycles. The third-order valence-corrected chi connectivity index (χ3v) is 2.94. The van der Waals surface area contributed by atoms with Crippen LogP contribution in [0.5, 0.6) is 0 Å². The first-order chi connectivity index (χ1) is 6.90. The average Bonchev–Trinajstić information content (AvgIpc) is 2.90. The van der Waals surface area contributed by atoms with E-state index < -0.39 is 0 Å². The highest BCUT2D eigenvalue weighted by Gasteiger charge is 2.29. The number of hydrogen-bond donors (Lipinski definition) is 1. The molecule has 1 N–H and O–H groups in total. The lowest BCUT2D eigenvalue weighted by molar-refractivity contribution is 0.428. The average molecular weight is 193 g/mol. The van der Waals surface area contributed by atoms with Crippen molar-refractivity contribution < 1.29 is 4.42 Å². The fourth-order valence-corrected chi connectivity index (χ4v) is 1.96. The highest BCUT2D eigenvalue weighted by Crippen LogP contribution is 2.34. The zero-order valence-corrected chi connectivity index (χ0v) is 8.83. The van der Waals surface area contributed by atoms with Gasteiger partial charge in [0.05, 0.1) is 12.5 Å². The molecule has 0 saturated heterocycles. The van der Waals surface area contributed by atoms with Crippen LogP contribution in [0.25, 0.3) is 0 Å². The Morgan fingerprint density at radius 2 is 2.43 bits per heavy atom. The third-order valence-electron chi connectivity index (χ3n) is 2.94. The molecule has 2 heteroatoms. The lowest BCUT2D eigenvalue weighted by atomic mass is 10.1. The number of furan rings is 1. The molecule has 0 amide bonds. The van der Waals surface area contributed by atoms with Crippen LogP contribution in [0.2, 0.25) is 0 Å². The molecule has 14 heavy (non-hydrogen) atoms. The maximum absolute atomic E-state index is 5.04. The molecule has 0 bridgehead atoms. The van der Waals surface area contributed by atoms with Crippen LogP contribution >= 0.6 is 0 Å². The minimum Gasteiger partial charge on any atom is -0.472 e. The van der Waals surface area contributed by atoms with Gasteiger partial charge in [0.15, 0.2) is 0 Å².